The molecule has 1 fully saturated rings. The third-order valence-corrected chi connectivity index (χ3v) is 5.53. The number of hydrogen-bond acceptors (Lipinski definition) is 7. The Morgan fingerprint density at radius 2 is 2.27 bits per heavy atom. The molecule has 10 nitrogen and oxygen atoms in total. The SMILES string of the molecule is CCn1cc(Nc2nc(N[C@@H]3CCCN(C(=O)/C(C#N)=C/C(C)C)C3)c3cc[nH]c3n2)cn1. The number of nitriles is 1. The van der Waals surface area contributed by atoms with Gasteiger partial charge in [0.2, 0.25) is 5.95 Å². The van der Waals surface area contributed by atoms with E-state index in [0.717, 1.165) is 30.5 Å². The van der Waals surface area contributed by atoms with Crippen LogP contribution in [0, 0.1) is 17.2 Å². The minimum absolute atomic E-state index is 0.0189. The summed E-state index contributed by atoms with van der Waals surface area (Å²) in [5.41, 5.74) is 1.73. The summed E-state index contributed by atoms with van der Waals surface area (Å²) in [7, 11) is 0. The van der Waals surface area contributed by atoms with Crippen LogP contribution < -0.4 is 10.6 Å². The van der Waals surface area contributed by atoms with Crippen LogP contribution in [0.25, 0.3) is 11.0 Å². The summed E-state index contributed by atoms with van der Waals surface area (Å²) in [6, 6.07) is 4.01. The second-order valence-electron chi connectivity index (χ2n) is 8.52. The largest absolute Gasteiger partial charge is 0.365 e. The fourth-order valence-electron chi connectivity index (χ4n) is 3.97. The van der Waals surface area contributed by atoms with Crippen molar-refractivity contribution in [3.8, 4) is 6.07 Å². The summed E-state index contributed by atoms with van der Waals surface area (Å²) in [5, 5.41) is 21.3. The van der Waals surface area contributed by atoms with Crippen molar-refractivity contribution >= 4 is 34.4 Å². The van der Waals surface area contributed by atoms with Crippen molar-refractivity contribution in [1.29, 1.82) is 5.26 Å². The van der Waals surface area contributed by atoms with Gasteiger partial charge in [-0.3, -0.25) is 9.48 Å². The third kappa shape index (κ3) is 5.14. The first kappa shape index (κ1) is 22.3. The average Bonchev–Trinajstić information content (AvgIpc) is 3.46. The van der Waals surface area contributed by atoms with Crippen molar-refractivity contribution in [2.24, 2.45) is 5.92 Å². The summed E-state index contributed by atoms with van der Waals surface area (Å²) in [6.45, 7) is 7.88. The highest BCUT2D eigenvalue weighted by Gasteiger charge is 2.26. The lowest BCUT2D eigenvalue weighted by Crippen LogP contribution is -2.45. The molecule has 0 spiro atoms. The summed E-state index contributed by atoms with van der Waals surface area (Å²) in [4.78, 5) is 27.0. The quantitative estimate of drug-likeness (QED) is 0.374. The molecule has 3 N–H and O–H groups in total. The fourth-order valence-corrected chi connectivity index (χ4v) is 3.97. The number of hydrogen-bond donors (Lipinski definition) is 3. The van der Waals surface area contributed by atoms with Crippen molar-refractivity contribution in [2.45, 2.75) is 46.2 Å². The molecule has 3 aromatic rings. The molecule has 1 saturated heterocycles. The molecule has 1 atom stereocenters. The number of nitrogens with zero attached hydrogens (tertiary/aromatic N) is 6. The molecule has 0 aromatic carbocycles. The first-order chi connectivity index (χ1) is 16.0. The average molecular weight is 448 g/mol. The van der Waals surface area contributed by atoms with Gasteiger partial charge in [0.15, 0.2) is 0 Å². The Balaban J connectivity index is 1.52. The Morgan fingerprint density at radius 1 is 1.42 bits per heavy atom. The number of anilines is 3. The van der Waals surface area contributed by atoms with E-state index in [-0.39, 0.29) is 23.4 Å². The van der Waals surface area contributed by atoms with Crippen LogP contribution in [0.15, 0.2) is 36.3 Å². The highest BCUT2D eigenvalue weighted by atomic mass is 16.2. The normalized spacial score (nSPS) is 16.8. The van der Waals surface area contributed by atoms with Crippen molar-refractivity contribution < 1.29 is 4.79 Å². The summed E-state index contributed by atoms with van der Waals surface area (Å²) in [6.07, 6.45) is 8.95. The number of aryl methyl sites for hydroxylation is 1. The first-order valence-electron chi connectivity index (χ1n) is 11.3. The van der Waals surface area contributed by atoms with Gasteiger partial charge in [-0.1, -0.05) is 19.9 Å². The van der Waals surface area contributed by atoms with Gasteiger partial charge in [-0.15, -0.1) is 0 Å². The van der Waals surface area contributed by atoms with Gasteiger partial charge in [-0.2, -0.15) is 20.3 Å². The molecule has 4 rings (SSSR count). The Hall–Kier alpha value is -3.87. The minimum atomic E-state index is -0.206. The molecule has 4 heterocycles. The molecule has 0 saturated carbocycles. The molecular weight excluding hydrogens is 418 g/mol. The van der Waals surface area contributed by atoms with Gasteiger partial charge in [0.25, 0.3) is 5.91 Å². The predicted octanol–water partition coefficient (Wildman–Crippen LogP) is 3.43. The van der Waals surface area contributed by atoms with Crippen LogP contribution in [-0.4, -0.2) is 54.7 Å². The van der Waals surface area contributed by atoms with E-state index in [0.29, 0.717) is 30.5 Å². The standard InChI is InChI=1S/C23H29N9O/c1-4-32-14-18(12-26-32)28-23-29-20-19(7-8-25-20)21(30-23)27-17-6-5-9-31(13-17)22(33)16(11-24)10-15(2)3/h7-8,10,12,14-15,17H,4-6,9,13H2,1-3H3,(H3,25,27,28,29,30)/b16-10+/t17-/m1/s1. The topological polar surface area (TPSA) is 128 Å². The van der Waals surface area contributed by atoms with E-state index in [1.807, 2.05) is 43.9 Å². The number of likely N-dealkylation sites (tertiary alicyclic amines) is 1. The lowest BCUT2D eigenvalue weighted by molar-refractivity contribution is -0.127. The van der Waals surface area contributed by atoms with Crippen LogP contribution in [0.5, 0.6) is 0 Å². The van der Waals surface area contributed by atoms with Crippen molar-refractivity contribution in [3.05, 3.63) is 36.3 Å². The van der Waals surface area contributed by atoms with Crippen molar-refractivity contribution in [1.82, 2.24) is 29.6 Å². The first-order valence-corrected chi connectivity index (χ1v) is 11.3. The Morgan fingerprint density at radius 3 is 3.00 bits per heavy atom. The Kier molecular flexibility index (Phi) is 6.58. The highest BCUT2D eigenvalue weighted by molar-refractivity contribution is 5.97. The number of carbonyl (C=O) groups is 1. The van der Waals surface area contributed by atoms with Crippen LogP contribution in [0.4, 0.5) is 17.5 Å². The van der Waals surface area contributed by atoms with Crippen molar-refractivity contribution in [3.63, 3.8) is 0 Å². The smallest absolute Gasteiger partial charge is 0.264 e. The number of nitrogens with one attached hydrogen (secondary N) is 3. The maximum atomic E-state index is 12.9. The maximum absolute atomic E-state index is 12.9. The second kappa shape index (κ2) is 9.73. The number of piperidine rings is 1. The number of allylic oxidation sites excluding steroid dienone is 1. The van der Waals surface area contributed by atoms with Gasteiger partial charge in [0, 0.05) is 38.1 Å². The van der Waals surface area contributed by atoms with Gasteiger partial charge in [-0.25, -0.2) is 0 Å². The Bertz CT molecular complexity index is 1200. The molecule has 33 heavy (non-hydrogen) atoms. The molecule has 0 radical (unpaired) electrons. The third-order valence-electron chi connectivity index (χ3n) is 5.53. The molecule has 10 heteroatoms. The molecule has 0 aliphatic carbocycles. The lowest BCUT2D eigenvalue weighted by Gasteiger charge is -2.33. The van der Waals surface area contributed by atoms with E-state index in [2.05, 4.69) is 31.8 Å². The number of aromatic amines is 1. The zero-order chi connectivity index (χ0) is 23.4. The lowest BCUT2D eigenvalue weighted by atomic mass is 10.0. The number of fused-ring (bicyclic) bond motifs is 1. The maximum Gasteiger partial charge on any atom is 0.264 e. The van der Waals surface area contributed by atoms with E-state index in [1.54, 1.807) is 17.2 Å². The van der Waals surface area contributed by atoms with E-state index >= 15 is 0 Å². The number of aromatic nitrogens is 5. The number of amides is 1. The zero-order valence-electron chi connectivity index (χ0n) is 19.2. The molecule has 0 unspecified atom stereocenters. The molecular formula is C23H29N9O. The fraction of sp³-hybridized carbons (Fsp3) is 0.435. The van der Waals surface area contributed by atoms with Gasteiger partial charge in [-0.05, 0) is 31.7 Å². The molecule has 172 valence electrons. The monoisotopic (exact) mass is 447 g/mol. The Labute approximate surface area is 192 Å². The second-order valence-corrected chi connectivity index (χ2v) is 8.52. The van der Waals surface area contributed by atoms with Gasteiger partial charge < -0.3 is 20.5 Å². The van der Waals surface area contributed by atoms with E-state index in [4.69, 9.17) is 4.98 Å². The molecule has 0 bridgehead atoms. The molecule has 1 amide bonds. The molecule has 1 aliphatic rings. The molecule has 3 aromatic heterocycles. The molecule has 1 aliphatic heterocycles. The summed E-state index contributed by atoms with van der Waals surface area (Å²) < 4.78 is 1.82. The zero-order valence-corrected chi connectivity index (χ0v) is 19.2. The summed E-state index contributed by atoms with van der Waals surface area (Å²) in [5.74, 6) is 1.09. The van der Waals surface area contributed by atoms with E-state index in [9.17, 15) is 10.1 Å². The number of H-pyrrole nitrogens is 1. The van der Waals surface area contributed by atoms with Crippen LogP contribution in [0.3, 0.4) is 0 Å². The highest BCUT2D eigenvalue weighted by Crippen LogP contribution is 2.25. The van der Waals surface area contributed by atoms with Crippen LogP contribution >= 0.6 is 0 Å². The van der Waals surface area contributed by atoms with Crippen molar-refractivity contribution in [2.75, 3.05) is 23.7 Å². The predicted molar refractivity (Wildman–Crippen MR) is 127 cm³/mol. The number of carbonyl (C=O) groups excluding carboxylic acids is 1. The summed E-state index contributed by atoms with van der Waals surface area (Å²) >= 11 is 0. The van der Waals surface area contributed by atoms with Crippen LogP contribution in [-0.2, 0) is 11.3 Å². The van der Waals surface area contributed by atoms with Gasteiger partial charge in [0.05, 0.1) is 17.3 Å². The van der Waals surface area contributed by atoms with Gasteiger partial charge >= 0.3 is 0 Å². The minimum Gasteiger partial charge on any atom is -0.365 e. The van der Waals surface area contributed by atoms with Crippen LogP contribution in [0.1, 0.15) is 33.6 Å². The van der Waals surface area contributed by atoms with E-state index in [1.165, 1.54) is 0 Å². The number of rotatable bonds is 7. The van der Waals surface area contributed by atoms with E-state index < -0.39 is 0 Å². The van der Waals surface area contributed by atoms with Crippen LogP contribution in [0.2, 0.25) is 0 Å². The van der Waals surface area contributed by atoms with Gasteiger partial charge in [0.1, 0.15) is 23.1 Å².